The zero-order valence-electron chi connectivity index (χ0n) is 19.3. The van der Waals surface area contributed by atoms with Gasteiger partial charge >= 0.3 is 0 Å². The molecule has 2 aliphatic rings. The molecule has 8 heteroatoms. The molecule has 1 aliphatic carbocycles. The first-order valence-electron chi connectivity index (χ1n) is 11.7. The van der Waals surface area contributed by atoms with E-state index in [1.165, 1.54) is 12.8 Å². The van der Waals surface area contributed by atoms with E-state index in [1.54, 1.807) is 0 Å². The maximum Gasteiger partial charge on any atom is 0.254 e. The van der Waals surface area contributed by atoms with Crippen LogP contribution in [0.5, 0.6) is 0 Å². The number of aromatic nitrogens is 3. The van der Waals surface area contributed by atoms with Crippen molar-refractivity contribution in [2.45, 2.75) is 31.6 Å². The molecular formula is C25H30N6O2. The van der Waals surface area contributed by atoms with Gasteiger partial charge in [-0.2, -0.15) is 4.98 Å². The van der Waals surface area contributed by atoms with Crippen molar-refractivity contribution in [2.24, 2.45) is 0 Å². The molecule has 1 aliphatic heterocycles. The summed E-state index contributed by atoms with van der Waals surface area (Å²) in [4.78, 5) is 28.3. The van der Waals surface area contributed by atoms with E-state index in [2.05, 4.69) is 20.0 Å². The largest absolute Gasteiger partial charge is 0.378 e. The van der Waals surface area contributed by atoms with Crippen LogP contribution in [-0.4, -0.2) is 66.2 Å². The highest BCUT2D eigenvalue weighted by molar-refractivity contribution is 5.95. The van der Waals surface area contributed by atoms with Crippen LogP contribution in [0.25, 0.3) is 11.4 Å². The summed E-state index contributed by atoms with van der Waals surface area (Å²) in [6.07, 6.45) is 6.55. The van der Waals surface area contributed by atoms with Crippen LogP contribution in [0.1, 0.15) is 47.8 Å². The normalized spacial score (nSPS) is 16.9. The molecular weight excluding hydrogens is 416 g/mol. The van der Waals surface area contributed by atoms with E-state index in [1.807, 2.05) is 66.5 Å². The molecule has 5 rings (SSSR count). The quantitative estimate of drug-likeness (QED) is 0.590. The second-order valence-electron chi connectivity index (χ2n) is 9.07. The number of pyridine rings is 1. The minimum absolute atomic E-state index is 0.0804. The predicted octanol–water partition coefficient (Wildman–Crippen LogP) is 3.82. The van der Waals surface area contributed by atoms with Gasteiger partial charge in [0.2, 0.25) is 11.7 Å². The van der Waals surface area contributed by atoms with E-state index in [-0.39, 0.29) is 5.91 Å². The fourth-order valence-electron chi connectivity index (χ4n) is 4.63. The van der Waals surface area contributed by atoms with Gasteiger partial charge in [0.25, 0.3) is 5.91 Å². The van der Waals surface area contributed by atoms with E-state index in [0.717, 1.165) is 54.5 Å². The molecule has 8 nitrogen and oxygen atoms in total. The molecule has 0 bridgehead atoms. The Balaban J connectivity index is 1.20. The molecule has 0 spiro atoms. The second-order valence-corrected chi connectivity index (χ2v) is 9.07. The number of hydrogen-bond acceptors (Lipinski definition) is 7. The van der Waals surface area contributed by atoms with Gasteiger partial charge in [-0.05, 0) is 43.2 Å². The van der Waals surface area contributed by atoms with E-state index in [0.29, 0.717) is 24.8 Å². The summed E-state index contributed by atoms with van der Waals surface area (Å²) >= 11 is 0. The Bertz CT molecular complexity index is 1100. The lowest BCUT2D eigenvalue weighted by atomic mass is 10.1. The van der Waals surface area contributed by atoms with Crippen LogP contribution in [-0.2, 0) is 0 Å². The van der Waals surface area contributed by atoms with Crippen LogP contribution in [0.4, 0.5) is 11.5 Å². The minimum Gasteiger partial charge on any atom is -0.378 e. The molecule has 0 unspecified atom stereocenters. The number of amides is 1. The van der Waals surface area contributed by atoms with Crippen molar-refractivity contribution in [2.75, 3.05) is 50.1 Å². The summed E-state index contributed by atoms with van der Waals surface area (Å²) < 4.78 is 5.50. The summed E-state index contributed by atoms with van der Waals surface area (Å²) in [5.41, 5.74) is 2.62. The van der Waals surface area contributed by atoms with Crippen LogP contribution < -0.4 is 9.80 Å². The van der Waals surface area contributed by atoms with Crippen LogP contribution in [0.15, 0.2) is 47.1 Å². The fourth-order valence-corrected chi connectivity index (χ4v) is 4.63. The van der Waals surface area contributed by atoms with Crippen LogP contribution >= 0.6 is 0 Å². The third-order valence-corrected chi connectivity index (χ3v) is 6.65. The highest BCUT2D eigenvalue weighted by atomic mass is 16.5. The molecule has 0 N–H and O–H groups in total. The number of carbonyl (C=O) groups is 1. The molecule has 1 amide bonds. The number of benzene rings is 1. The molecule has 1 aromatic carbocycles. The average Bonchev–Trinajstić information content (AvgIpc) is 3.56. The smallest absolute Gasteiger partial charge is 0.254 e. The van der Waals surface area contributed by atoms with Crippen molar-refractivity contribution in [3.05, 3.63) is 54.0 Å². The van der Waals surface area contributed by atoms with Gasteiger partial charge in [-0.15, -0.1) is 0 Å². The molecule has 0 atom stereocenters. The van der Waals surface area contributed by atoms with Gasteiger partial charge < -0.3 is 19.2 Å². The van der Waals surface area contributed by atoms with Gasteiger partial charge in [-0.3, -0.25) is 4.79 Å². The molecule has 2 fully saturated rings. The monoisotopic (exact) mass is 446 g/mol. The Labute approximate surface area is 194 Å². The first-order valence-corrected chi connectivity index (χ1v) is 11.7. The molecule has 1 saturated carbocycles. The predicted molar refractivity (Wildman–Crippen MR) is 128 cm³/mol. The van der Waals surface area contributed by atoms with E-state index in [9.17, 15) is 4.79 Å². The summed E-state index contributed by atoms with van der Waals surface area (Å²) in [5.74, 6) is 2.74. The lowest BCUT2D eigenvalue weighted by Crippen LogP contribution is -2.49. The summed E-state index contributed by atoms with van der Waals surface area (Å²) in [6, 6.07) is 11.8. The Morgan fingerprint density at radius 1 is 1.06 bits per heavy atom. The van der Waals surface area contributed by atoms with Crippen molar-refractivity contribution in [3.63, 3.8) is 0 Å². The second kappa shape index (κ2) is 9.21. The Morgan fingerprint density at radius 3 is 2.55 bits per heavy atom. The molecule has 3 heterocycles. The highest BCUT2D eigenvalue weighted by Gasteiger charge is 2.25. The minimum atomic E-state index is 0.0804. The Kier molecular flexibility index (Phi) is 5.98. The molecule has 1 saturated heterocycles. The maximum atomic E-state index is 13.0. The third-order valence-electron chi connectivity index (χ3n) is 6.65. The van der Waals surface area contributed by atoms with Gasteiger partial charge in [0.15, 0.2) is 0 Å². The molecule has 172 valence electrons. The van der Waals surface area contributed by atoms with Crippen LogP contribution in [0.3, 0.4) is 0 Å². The van der Waals surface area contributed by atoms with Gasteiger partial charge in [-0.25, -0.2) is 4.98 Å². The van der Waals surface area contributed by atoms with Crippen molar-refractivity contribution >= 4 is 17.4 Å². The lowest BCUT2D eigenvalue weighted by Gasteiger charge is -2.35. The van der Waals surface area contributed by atoms with Gasteiger partial charge in [0.1, 0.15) is 5.82 Å². The number of hydrogen-bond donors (Lipinski definition) is 0. The number of anilines is 2. The van der Waals surface area contributed by atoms with Gasteiger partial charge in [0.05, 0.1) is 0 Å². The first kappa shape index (κ1) is 21.4. The number of piperazine rings is 1. The van der Waals surface area contributed by atoms with Crippen LogP contribution in [0, 0.1) is 0 Å². The summed E-state index contributed by atoms with van der Waals surface area (Å²) in [7, 11) is 3.96. The molecule has 2 aromatic heterocycles. The summed E-state index contributed by atoms with van der Waals surface area (Å²) in [6.45, 7) is 2.84. The van der Waals surface area contributed by atoms with Crippen LogP contribution in [0.2, 0.25) is 0 Å². The topological polar surface area (TPSA) is 78.6 Å². The fraction of sp³-hybridized carbons (Fsp3) is 0.440. The molecule has 3 aromatic rings. The van der Waals surface area contributed by atoms with Crippen molar-refractivity contribution < 1.29 is 9.32 Å². The molecule has 33 heavy (non-hydrogen) atoms. The maximum absolute atomic E-state index is 13.0. The Morgan fingerprint density at radius 2 is 1.85 bits per heavy atom. The van der Waals surface area contributed by atoms with Crippen molar-refractivity contribution in [3.8, 4) is 11.4 Å². The number of rotatable bonds is 5. The SMILES string of the molecule is CN(C)c1cccc(C(=O)N2CCN(c3ccc(-c4noc(C5CCCC5)n4)cn3)CC2)c1. The summed E-state index contributed by atoms with van der Waals surface area (Å²) in [5, 5.41) is 4.16. The van der Waals surface area contributed by atoms with E-state index < -0.39 is 0 Å². The highest BCUT2D eigenvalue weighted by Crippen LogP contribution is 2.34. The van der Waals surface area contributed by atoms with Crippen molar-refractivity contribution in [1.82, 2.24) is 20.0 Å². The number of carbonyl (C=O) groups excluding carboxylic acids is 1. The van der Waals surface area contributed by atoms with Crippen molar-refractivity contribution in [1.29, 1.82) is 0 Å². The first-order chi connectivity index (χ1) is 16.1. The average molecular weight is 447 g/mol. The van der Waals surface area contributed by atoms with Gasteiger partial charge in [-0.1, -0.05) is 24.1 Å². The number of nitrogens with zero attached hydrogens (tertiary/aromatic N) is 6. The van der Waals surface area contributed by atoms with E-state index in [4.69, 9.17) is 4.52 Å². The van der Waals surface area contributed by atoms with Gasteiger partial charge in [0, 0.05) is 69.2 Å². The van der Waals surface area contributed by atoms with E-state index >= 15 is 0 Å². The Hall–Kier alpha value is -3.42. The zero-order chi connectivity index (χ0) is 22.8. The molecule has 0 radical (unpaired) electrons. The third kappa shape index (κ3) is 4.55. The lowest BCUT2D eigenvalue weighted by molar-refractivity contribution is 0.0746. The zero-order valence-corrected chi connectivity index (χ0v) is 19.3. The standard InChI is InChI=1S/C25H30N6O2/c1-29(2)21-9-5-8-19(16-21)25(32)31-14-12-30(13-15-31)22-11-10-20(17-26-22)23-27-24(33-28-23)18-6-3-4-7-18/h5,8-11,16-18H,3-4,6-7,12-15H2,1-2H3.